The van der Waals surface area contributed by atoms with Crippen molar-refractivity contribution in [3.8, 4) is 34.4 Å². The number of aromatic nitrogens is 1. The number of nitrogens with zero attached hydrogens (tertiary/aromatic N) is 3. The van der Waals surface area contributed by atoms with Gasteiger partial charge < -0.3 is 34.6 Å². The van der Waals surface area contributed by atoms with Gasteiger partial charge in [0, 0.05) is 72.8 Å². The lowest BCUT2D eigenvalue weighted by molar-refractivity contribution is -0.128. The Morgan fingerprint density at radius 1 is 0.944 bits per heavy atom. The number of benzene rings is 3. The molecule has 1 aromatic heterocycles. The highest BCUT2D eigenvalue weighted by atomic mass is 35.5. The Morgan fingerprint density at radius 3 is 2.57 bits per heavy atom. The van der Waals surface area contributed by atoms with Gasteiger partial charge in [-0.3, -0.25) is 4.98 Å². The van der Waals surface area contributed by atoms with Crippen LogP contribution in [0.3, 0.4) is 0 Å². The number of aliphatic hydroxyl groups excluding tert-OH is 2. The number of aliphatic hydroxyl groups is 2. The first kappa shape index (κ1) is 37.1. The van der Waals surface area contributed by atoms with Gasteiger partial charge in [-0.25, -0.2) is 0 Å². The second-order valence-electron chi connectivity index (χ2n) is 15.5. The number of ether oxygens (including phenoxy) is 3. The topological polar surface area (TPSA) is 120 Å². The van der Waals surface area contributed by atoms with Gasteiger partial charge in [-0.05, 0) is 86.3 Å². The lowest BCUT2D eigenvalue weighted by atomic mass is 9.62. The van der Waals surface area contributed by atoms with Gasteiger partial charge in [0.15, 0.2) is 0 Å². The summed E-state index contributed by atoms with van der Waals surface area (Å²) in [7, 11) is 0. The maximum absolute atomic E-state index is 10.4. The van der Waals surface area contributed by atoms with Crippen LogP contribution in [0.15, 0.2) is 67.0 Å². The fourth-order valence-corrected chi connectivity index (χ4v) is 9.36. The summed E-state index contributed by atoms with van der Waals surface area (Å²) >= 11 is 13.9. The standard InChI is InChI=1S/C43H46Cl2N4O5/c44-35-16-29(23-48-36-8-3-9-37(36)51)40(53-24-28-15-27(20-46)21-47-22-28)17-41(35)54-38-12-11-32-31(5-1-6-33(32)38)34-7-2-10-39(42(34)45)52-14-4-13-49-25-43(26-49)18-30(50)19-43/h1-2,5-7,10,15-17,21-22,30,36-38,48,50-51H,3-4,8-9,11-14,18-19,23-26H2/t36-,37+,38-/m0/s1. The van der Waals surface area contributed by atoms with E-state index >= 15 is 0 Å². The van der Waals surface area contributed by atoms with Crippen LogP contribution in [0.5, 0.6) is 17.2 Å². The Kier molecular flexibility index (Phi) is 11.0. The molecule has 1 saturated heterocycles. The molecule has 3 fully saturated rings. The minimum atomic E-state index is -0.373. The summed E-state index contributed by atoms with van der Waals surface area (Å²) in [5, 5.41) is 34.0. The van der Waals surface area contributed by atoms with Crippen molar-refractivity contribution in [1.29, 1.82) is 5.26 Å². The van der Waals surface area contributed by atoms with Crippen molar-refractivity contribution in [2.75, 3.05) is 26.2 Å². The average molecular weight is 770 g/mol. The molecule has 0 bridgehead atoms. The van der Waals surface area contributed by atoms with E-state index < -0.39 is 0 Å². The van der Waals surface area contributed by atoms with E-state index in [1.165, 1.54) is 11.8 Å². The van der Waals surface area contributed by atoms with E-state index in [0.29, 0.717) is 51.4 Å². The highest BCUT2D eigenvalue weighted by molar-refractivity contribution is 6.35. The molecule has 1 spiro atoms. The van der Waals surface area contributed by atoms with Crippen LogP contribution in [0, 0.1) is 16.7 Å². The summed E-state index contributed by atoms with van der Waals surface area (Å²) in [6.07, 6.45) is 9.61. The molecule has 11 heteroatoms. The van der Waals surface area contributed by atoms with Crippen molar-refractivity contribution in [2.45, 2.75) is 88.9 Å². The molecule has 1 aliphatic heterocycles. The highest BCUT2D eigenvalue weighted by Gasteiger charge is 2.51. The third kappa shape index (κ3) is 7.92. The number of pyridine rings is 1. The van der Waals surface area contributed by atoms with Crippen molar-refractivity contribution >= 4 is 23.2 Å². The summed E-state index contributed by atoms with van der Waals surface area (Å²) in [4.78, 5) is 6.62. The van der Waals surface area contributed by atoms with Crippen LogP contribution in [0.4, 0.5) is 0 Å². The van der Waals surface area contributed by atoms with E-state index in [-0.39, 0.29) is 31.0 Å². The van der Waals surface area contributed by atoms with Gasteiger partial charge in [-0.15, -0.1) is 0 Å². The zero-order valence-corrected chi connectivity index (χ0v) is 31.8. The molecule has 2 heterocycles. The predicted octanol–water partition coefficient (Wildman–Crippen LogP) is 7.80. The second-order valence-corrected chi connectivity index (χ2v) is 16.3. The molecule has 2 saturated carbocycles. The van der Waals surface area contributed by atoms with E-state index in [9.17, 15) is 15.5 Å². The van der Waals surface area contributed by atoms with Crippen LogP contribution in [0.1, 0.15) is 78.9 Å². The SMILES string of the molecule is N#Cc1cncc(COc2cc(O[C@H]3CCc4c(-c5cccc(OCCCN6CC7(CC(O)C7)C6)c5Cl)cccc43)c(Cl)cc2CN[C@H]2CCC[C@H]2O)c1. The molecular formula is C43H46Cl2N4O5. The third-order valence-corrected chi connectivity index (χ3v) is 12.2. The molecule has 0 unspecified atom stereocenters. The fourth-order valence-electron chi connectivity index (χ4n) is 8.85. The first-order valence-corrected chi connectivity index (χ1v) is 19.8. The van der Waals surface area contributed by atoms with Crippen molar-refractivity contribution in [3.63, 3.8) is 0 Å². The summed E-state index contributed by atoms with van der Waals surface area (Å²) in [6, 6.07) is 19.9. The Morgan fingerprint density at radius 2 is 1.78 bits per heavy atom. The smallest absolute Gasteiger partial charge is 0.142 e. The number of likely N-dealkylation sites (tertiary alicyclic amines) is 1. The average Bonchev–Trinajstić information content (AvgIpc) is 3.76. The van der Waals surface area contributed by atoms with Crippen LogP contribution in [-0.2, 0) is 19.6 Å². The molecule has 54 heavy (non-hydrogen) atoms. The lowest BCUT2D eigenvalue weighted by Gasteiger charge is -2.58. The number of rotatable bonds is 14. The Balaban J connectivity index is 0.958. The largest absolute Gasteiger partial charge is 0.492 e. The molecule has 3 N–H and O–H groups in total. The maximum atomic E-state index is 10.4. The second kappa shape index (κ2) is 16.1. The molecule has 0 radical (unpaired) electrons. The molecule has 9 nitrogen and oxygen atoms in total. The Bertz CT molecular complexity index is 2020. The van der Waals surface area contributed by atoms with Crippen molar-refractivity contribution in [3.05, 3.63) is 105 Å². The number of nitrogens with one attached hydrogen (secondary N) is 1. The van der Waals surface area contributed by atoms with Crippen LogP contribution < -0.4 is 19.5 Å². The van der Waals surface area contributed by atoms with Crippen LogP contribution in [0.2, 0.25) is 10.0 Å². The van der Waals surface area contributed by atoms with Gasteiger partial charge in [0.25, 0.3) is 0 Å². The van der Waals surface area contributed by atoms with Crippen molar-refractivity contribution < 1.29 is 24.4 Å². The van der Waals surface area contributed by atoms with E-state index in [2.05, 4.69) is 33.4 Å². The summed E-state index contributed by atoms with van der Waals surface area (Å²) < 4.78 is 19.2. The molecular weight excluding hydrogens is 723 g/mol. The Hall–Kier alpha value is -3.88. The lowest BCUT2D eigenvalue weighted by Crippen LogP contribution is -2.63. The van der Waals surface area contributed by atoms with Gasteiger partial charge in [0.05, 0.1) is 34.4 Å². The molecule has 3 aliphatic carbocycles. The van der Waals surface area contributed by atoms with Gasteiger partial charge >= 0.3 is 0 Å². The minimum Gasteiger partial charge on any atom is -0.492 e. The normalized spacial score (nSPS) is 21.6. The molecule has 4 aromatic rings. The summed E-state index contributed by atoms with van der Waals surface area (Å²) in [5.41, 5.74) is 6.77. The van der Waals surface area contributed by atoms with Crippen molar-refractivity contribution in [1.82, 2.24) is 15.2 Å². The zero-order chi connectivity index (χ0) is 37.2. The van der Waals surface area contributed by atoms with Gasteiger partial charge in [0.1, 0.15) is 36.0 Å². The summed E-state index contributed by atoms with van der Waals surface area (Å²) in [5.74, 6) is 1.82. The number of nitriles is 1. The fraction of sp³-hybridized carbons (Fsp3) is 0.442. The molecule has 0 amide bonds. The van der Waals surface area contributed by atoms with Crippen LogP contribution in [0.25, 0.3) is 11.1 Å². The number of halogens is 2. The van der Waals surface area contributed by atoms with Crippen LogP contribution in [-0.4, -0.2) is 64.6 Å². The van der Waals surface area contributed by atoms with E-state index in [1.807, 2.05) is 36.4 Å². The minimum absolute atomic E-state index is 0.0148. The highest BCUT2D eigenvalue weighted by Crippen LogP contribution is 2.48. The first-order chi connectivity index (χ1) is 26.3. The quantitative estimate of drug-likeness (QED) is 0.110. The molecule has 3 atom stereocenters. The molecule has 282 valence electrons. The Labute approximate surface area is 326 Å². The van der Waals surface area contributed by atoms with Gasteiger partial charge in [-0.1, -0.05) is 53.5 Å². The number of hydrogen-bond acceptors (Lipinski definition) is 9. The predicted molar refractivity (Wildman–Crippen MR) is 208 cm³/mol. The van der Waals surface area contributed by atoms with E-state index in [4.69, 9.17) is 37.4 Å². The monoisotopic (exact) mass is 768 g/mol. The molecule has 3 aromatic carbocycles. The summed E-state index contributed by atoms with van der Waals surface area (Å²) in [6.45, 7) is 4.42. The third-order valence-electron chi connectivity index (χ3n) is 11.5. The first-order valence-electron chi connectivity index (χ1n) is 19.1. The van der Waals surface area contributed by atoms with E-state index in [0.717, 1.165) is 98.8 Å². The van der Waals surface area contributed by atoms with Gasteiger partial charge in [0.2, 0.25) is 0 Å². The number of fused-ring (bicyclic) bond motifs is 1. The van der Waals surface area contributed by atoms with E-state index in [1.54, 1.807) is 12.3 Å². The van der Waals surface area contributed by atoms with Crippen molar-refractivity contribution in [2.24, 2.45) is 5.41 Å². The molecule has 8 rings (SSSR count). The van der Waals surface area contributed by atoms with Gasteiger partial charge in [-0.2, -0.15) is 5.26 Å². The number of hydrogen-bond donors (Lipinski definition) is 3. The zero-order valence-electron chi connectivity index (χ0n) is 30.3. The van der Waals surface area contributed by atoms with Crippen LogP contribution >= 0.6 is 23.2 Å². The molecule has 4 aliphatic rings. The maximum Gasteiger partial charge on any atom is 0.142 e.